The molecule has 0 aliphatic heterocycles. The fraction of sp³-hybridized carbons (Fsp3) is 0.667. The molecule has 0 heterocycles. The standard InChI is InChI=1S/C6H10O4/c1-4(3-7)6(2,10)5(8)9/h3-4,10H,1-2H3,(H,8,9). The molecule has 0 rings (SSSR count). The van der Waals surface area contributed by atoms with Crippen LogP contribution in [-0.4, -0.2) is 28.1 Å². The quantitative estimate of drug-likeness (QED) is 0.534. The molecule has 2 unspecified atom stereocenters. The maximum Gasteiger partial charge on any atom is 0.336 e. The molecule has 0 aromatic rings. The van der Waals surface area contributed by atoms with Crippen LogP contribution in [0.1, 0.15) is 13.8 Å². The molecule has 2 atom stereocenters. The van der Waals surface area contributed by atoms with Gasteiger partial charge in [0, 0.05) is 0 Å². The average Bonchev–Trinajstić information content (AvgIpc) is 1.86. The van der Waals surface area contributed by atoms with E-state index in [0.717, 1.165) is 6.92 Å². The number of hydrogen-bond acceptors (Lipinski definition) is 3. The Morgan fingerprint density at radius 2 is 2.10 bits per heavy atom. The normalized spacial score (nSPS) is 19.1. The Morgan fingerprint density at radius 1 is 1.70 bits per heavy atom. The van der Waals surface area contributed by atoms with Crippen LogP contribution < -0.4 is 0 Å². The number of aliphatic carboxylic acids is 1. The molecule has 4 nitrogen and oxygen atoms in total. The zero-order chi connectivity index (χ0) is 8.36. The van der Waals surface area contributed by atoms with Gasteiger partial charge in [-0.05, 0) is 6.92 Å². The smallest absolute Gasteiger partial charge is 0.336 e. The molecular formula is C6H10O4. The van der Waals surface area contributed by atoms with Crippen molar-refractivity contribution in [1.82, 2.24) is 0 Å². The minimum absolute atomic E-state index is 0.411. The molecule has 0 aromatic carbocycles. The highest BCUT2D eigenvalue weighted by atomic mass is 16.4. The van der Waals surface area contributed by atoms with E-state index >= 15 is 0 Å². The molecule has 10 heavy (non-hydrogen) atoms. The van der Waals surface area contributed by atoms with Crippen molar-refractivity contribution >= 4 is 12.3 Å². The summed E-state index contributed by atoms with van der Waals surface area (Å²) in [5.41, 5.74) is -1.94. The van der Waals surface area contributed by atoms with Crippen molar-refractivity contribution in [3.8, 4) is 0 Å². The highest BCUT2D eigenvalue weighted by Gasteiger charge is 2.36. The molecular weight excluding hydrogens is 136 g/mol. The molecule has 4 heteroatoms. The second-order valence-electron chi connectivity index (χ2n) is 2.38. The highest BCUT2D eigenvalue weighted by Crippen LogP contribution is 2.13. The number of aliphatic hydroxyl groups is 1. The molecule has 0 radical (unpaired) electrons. The van der Waals surface area contributed by atoms with Crippen molar-refractivity contribution in [1.29, 1.82) is 0 Å². The van der Waals surface area contributed by atoms with Gasteiger partial charge >= 0.3 is 5.97 Å². The molecule has 0 aliphatic carbocycles. The first-order chi connectivity index (χ1) is 4.42. The van der Waals surface area contributed by atoms with Crippen molar-refractivity contribution < 1.29 is 19.8 Å². The van der Waals surface area contributed by atoms with Gasteiger partial charge in [-0.1, -0.05) is 6.92 Å². The molecule has 0 aliphatic rings. The number of aldehydes is 1. The number of hydrogen-bond donors (Lipinski definition) is 2. The molecule has 0 fully saturated rings. The van der Waals surface area contributed by atoms with E-state index in [0.29, 0.717) is 6.29 Å². The Bertz CT molecular complexity index is 150. The van der Waals surface area contributed by atoms with Gasteiger partial charge in [-0.2, -0.15) is 0 Å². The summed E-state index contributed by atoms with van der Waals surface area (Å²) >= 11 is 0. The third-order valence-electron chi connectivity index (χ3n) is 1.52. The van der Waals surface area contributed by atoms with Crippen molar-refractivity contribution in [2.75, 3.05) is 0 Å². The van der Waals surface area contributed by atoms with E-state index in [-0.39, 0.29) is 0 Å². The summed E-state index contributed by atoms with van der Waals surface area (Å²) in [5.74, 6) is -2.27. The number of carboxylic acids is 1. The Kier molecular flexibility index (Phi) is 2.54. The van der Waals surface area contributed by atoms with E-state index in [1.165, 1.54) is 6.92 Å². The molecule has 0 bridgehead atoms. The Balaban J connectivity index is 4.38. The van der Waals surface area contributed by atoms with Gasteiger partial charge in [0.05, 0.1) is 5.92 Å². The Labute approximate surface area is 58.5 Å². The summed E-state index contributed by atoms with van der Waals surface area (Å²) in [6.07, 6.45) is 0.411. The van der Waals surface area contributed by atoms with E-state index in [1.54, 1.807) is 0 Å². The second kappa shape index (κ2) is 2.79. The van der Waals surface area contributed by atoms with Gasteiger partial charge in [-0.3, -0.25) is 0 Å². The summed E-state index contributed by atoms with van der Waals surface area (Å²) in [4.78, 5) is 20.2. The van der Waals surface area contributed by atoms with Gasteiger partial charge in [-0.25, -0.2) is 4.79 Å². The number of carboxylic acid groups (broad SMARTS) is 1. The third kappa shape index (κ3) is 1.54. The average molecular weight is 146 g/mol. The summed E-state index contributed by atoms with van der Waals surface area (Å²) in [7, 11) is 0. The topological polar surface area (TPSA) is 74.6 Å². The summed E-state index contributed by atoms with van der Waals surface area (Å²) < 4.78 is 0. The number of carbonyl (C=O) groups excluding carboxylic acids is 1. The van der Waals surface area contributed by atoms with Gasteiger partial charge in [0.2, 0.25) is 0 Å². The van der Waals surface area contributed by atoms with Crippen molar-refractivity contribution in [2.24, 2.45) is 5.92 Å². The molecule has 2 N–H and O–H groups in total. The van der Waals surface area contributed by atoms with E-state index in [9.17, 15) is 9.59 Å². The molecule has 0 aromatic heterocycles. The predicted molar refractivity (Wildman–Crippen MR) is 33.5 cm³/mol. The largest absolute Gasteiger partial charge is 0.479 e. The van der Waals surface area contributed by atoms with E-state index in [1.807, 2.05) is 0 Å². The lowest BCUT2D eigenvalue weighted by atomic mass is 9.92. The van der Waals surface area contributed by atoms with E-state index in [2.05, 4.69) is 0 Å². The van der Waals surface area contributed by atoms with Crippen LogP contribution in [0, 0.1) is 5.92 Å². The summed E-state index contributed by atoms with van der Waals surface area (Å²) in [5, 5.41) is 17.4. The molecule has 0 spiro atoms. The SMILES string of the molecule is CC(C=O)C(C)(O)C(=O)O. The molecule has 0 saturated carbocycles. The van der Waals surface area contributed by atoms with Gasteiger partial charge in [0.15, 0.2) is 5.60 Å². The van der Waals surface area contributed by atoms with Crippen molar-refractivity contribution in [2.45, 2.75) is 19.4 Å². The minimum Gasteiger partial charge on any atom is -0.479 e. The molecule has 0 saturated heterocycles. The maximum atomic E-state index is 10.2. The molecule has 0 amide bonds. The lowest BCUT2D eigenvalue weighted by Gasteiger charge is -2.20. The lowest BCUT2D eigenvalue weighted by Crippen LogP contribution is -2.42. The summed E-state index contributed by atoms with van der Waals surface area (Å²) in [6.45, 7) is 2.44. The van der Waals surface area contributed by atoms with Crippen LogP contribution in [0.25, 0.3) is 0 Å². The van der Waals surface area contributed by atoms with Gasteiger partial charge in [-0.15, -0.1) is 0 Å². The van der Waals surface area contributed by atoms with Crippen LogP contribution in [0.15, 0.2) is 0 Å². The fourth-order valence-electron chi connectivity index (χ4n) is 0.327. The van der Waals surface area contributed by atoms with Gasteiger partial charge in [0.25, 0.3) is 0 Å². The number of carbonyl (C=O) groups is 2. The Hall–Kier alpha value is -0.900. The van der Waals surface area contributed by atoms with Crippen LogP contribution in [0.3, 0.4) is 0 Å². The minimum atomic E-state index is -1.94. The predicted octanol–water partition coefficient (Wildman–Crippen LogP) is -0.343. The second-order valence-corrected chi connectivity index (χ2v) is 2.38. The monoisotopic (exact) mass is 146 g/mol. The highest BCUT2D eigenvalue weighted by molar-refractivity contribution is 5.81. The number of rotatable bonds is 3. The maximum absolute atomic E-state index is 10.2. The zero-order valence-corrected chi connectivity index (χ0v) is 5.87. The van der Waals surface area contributed by atoms with Crippen LogP contribution in [0.2, 0.25) is 0 Å². The lowest BCUT2D eigenvalue weighted by molar-refractivity contribution is -0.162. The Morgan fingerprint density at radius 3 is 2.20 bits per heavy atom. The first-order valence-corrected chi connectivity index (χ1v) is 2.84. The van der Waals surface area contributed by atoms with Gasteiger partial charge in [0.1, 0.15) is 6.29 Å². The fourth-order valence-corrected chi connectivity index (χ4v) is 0.327. The van der Waals surface area contributed by atoms with Crippen LogP contribution in [-0.2, 0) is 9.59 Å². The van der Waals surface area contributed by atoms with Crippen molar-refractivity contribution in [3.05, 3.63) is 0 Å². The van der Waals surface area contributed by atoms with Crippen LogP contribution in [0.4, 0.5) is 0 Å². The first kappa shape index (κ1) is 9.10. The van der Waals surface area contributed by atoms with E-state index in [4.69, 9.17) is 10.2 Å². The molecule has 58 valence electrons. The zero-order valence-electron chi connectivity index (χ0n) is 5.87. The first-order valence-electron chi connectivity index (χ1n) is 2.84. The third-order valence-corrected chi connectivity index (χ3v) is 1.52. The van der Waals surface area contributed by atoms with Crippen LogP contribution in [0.5, 0.6) is 0 Å². The van der Waals surface area contributed by atoms with Gasteiger partial charge < -0.3 is 15.0 Å². The van der Waals surface area contributed by atoms with Crippen molar-refractivity contribution in [3.63, 3.8) is 0 Å². The van der Waals surface area contributed by atoms with E-state index < -0.39 is 17.5 Å². The summed E-state index contributed by atoms with van der Waals surface area (Å²) in [6, 6.07) is 0. The van der Waals surface area contributed by atoms with Crippen LogP contribution >= 0.6 is 0 Å².